The maximum atomic E-state index is 12.6. The average molecular weight is 334 g/mol. The molecule has 132 valence electrons. The standard InChI is InChI=1S/C17H26N4O3/c1-12-8-15(18-19(12)3)16(24)20-6-4-17(5-7-20)11-21(13(2)23)9-14(17)10-22/h8,14,22H,4-7,9-11H2,1-3H3. The molecule has 1 aromatic rings. The Balaban J connectivity index is 1.68. The van der Waals surface area contributed by atoms with Gasteiger partial charge in [0.25, 0.3) is 5.91 Å². The Morgan fingerprint density at radius 1 is 1.33 bits per heavy atom. The highest BCUT2D eigenvalue weighted by molar-refractivity contribution is 5.92. The minimum atomic E-state index is -0.0583. The van der Waals surface area contributed by atoms with E-state index in [2.05, 4.69) is 5.10 Å². The molecule has 2 aliphatic rings. The van der Waals surface area contributed by atoms with Gasteiger partial charge in [-0.05, 0) is 31.2 Å². The van der Waals surface area contributed by atoms with Crippen LogP contribution >= 0.6 is 0 Å². The molecule has 1 atom stereocenters. The number of carbonyl (C=O) groups excluding carboxylic acids is 2. The number of amides is 2. The van der Waals surface area contributed by atoms with Gasteiger partial charge in [-0.2, -0.15) is 5.10 Å². The molecule has 0 bridgehead atoms. The van der Waals surface area contributed by atoms with Crippen LogP contribution in [0.4, 0.5) is 0 Å². The third-order valence-electron chi connectivity index (χ3n) is 5.86. The van der Waals surface area contributed by atoms with E-state index >= 15 is 0 Å². The molecule has 0 radical (unpaired) electrons. The van der Waals surface area contributed by atoms with Gasteiger partial charge in [0.15, 0.2) is 5.69 Å². The normalized spacial score (nSPS) is 23.1. The number of hydrogen-bond donors (Lipinski definition) is 1. The zero-order valence-corrected chi connectivity index (χ0v) is 14.7. The number of aliphatic hydroxyl groups excluding tert-OH is 1. The molecule has 1 unspecified atom stereocenters. The zero-order chi connectivity index (χ0) is 17.5. The Morgan fingerprint density at radius 2 is 2.00 bits per heavy atom. The number of piperidine rings is 1. The first-order valence-corrected chi connectivity index (χ1v) is 8.52. The number of carbonyl (C=O) groups is 2. The summed E-state index contributed by atoms with van der Waals surface area (Å²) in [6.07, 6.45) is 1.64. The Bertz CT molecular complexity index is 627. The fourth-order valence-electron chi connectivity index (χ4n) is 4.07. The topological polar surface area (TPSA) is 78.7 Å². The molecule has 1 spiro atoms. The monoisotopic (exact) mass is 334 g/mol. The van der Waals surface area contributed by atoms with Crippen molar-refractivity contribution in [1.82, 2.24) is 19.6 Å². The molecule has 2 saturated heterocycles. The molecule has 0 saturated carbocycles. The first-order valence-electron chi connectivity index (χ1n) is 8.52. The van der Waals surface area contributed by atoms with Gasteiger partial charge in [-0.1, -0.05) is 0 Å². The quantitative estimate of drug-likeness (QED) is 0.850. The zero-order valence-electron chi connectivity index (χ0n) is 14.7. The minimum Gasteiger partial charge on any atom is -0.396 e. The number of aryl methyl sites for hydroxylation is 2. The van der Waals surface area contributed by atoms with E-state index in [-0.39, 0.29) is 29.8 Å². The molecule has 2 amide bonds. The van der Waals surface area contributed by atoms with Crippen molar-refractivity contribution in [3.05, 3.63) is 17.5 Å². The molecule has 1 N–H and O–H groups in total. The van der Waals surface area contributed by atoms with Gasteiger partial charge in [0, 0.05) is 58.4 Å². The van der Waals surface area contributed by atoms with E-state index in [1.54, 1.807) is 11.6 Å². The van der Waals surface area contributed by atoms with Crippen LogP contribution in [0, 0.1) is 18.3 Å². The summed E-state index contributed by atoms with van der Waals surface area (Å²) in [6, 6.07) is 1.82. The highest BCUT2D eigenvalue weighted by atomic mass is 16.3. The number of aliphatic hydroxyl groups is 1. The van der Waals surface area contributed by atoms with Gasteiger partial charge in [-0.3, -0.25) is 14.3 Å². The van der Waals surface area contributed by atoms with Crippen molar-refractivity contribution in [2.24, 2.45) is 18.4 Å². The highest BCUT2D eigenvalue weighted by Crippen LogP contribution is 2.44. The van der Waals surface area contributed by atoms with Gasteiger partial charge in [0.2, 0.25) is 5.91 Å². The lowest BCUT2D eigenvalue weighted by Crippen LogP contribution is -2.47. The van der Waals surface area contributed by atoms with Gasteiger partial charge in [-0.15, -0.1) is 0 Å². The van der Waals surface area contributed by atoms with Gasteiger partial charge in [-0.25, -0.2) is 0 Å². The number of likely N-dealkylation sites (tertiary alicyclic amines) is 2. The van der Waals surface area contributed by atoms with Crippen molar-refractivity contribution in [3.8, 4) is 0 Å². The van der Waals surface area contributed by atoms with Crippen molar-refractivity contribution in [3.63, 3.8) is 0 Å². The van der Waals surface area contributed by atoms with Crippen molar-refractivity contribution >= 4 is 11.8 Å². The van der Waals surface area contributed by atoms with Crippen LogP contribution in [0.1, 0.15) is 35.9 Å². The van der Waals surface area contributed by atoms with E-state index in [9.17, 15) is 14.7 Å². The summed E-state index contributed by atoms with van der Waals surface area (Å²) >= 11 is 0. The Labute approximate surface area is 142 Å². The van der Waals surface area contributed by atoms with Crippen LogP contribution < -0.4 is 0 Å². The molecule has 1 aromatic heterocycles. The van der Waals surface area contributed by atoms with Crippen LogP contribution in [-0.2, 0) is 11.8 Å². The molecule has 0 aromatic carbocycles. The van der Waals surface area contributed by atoms with Crippen molar-refractivity contribution in [2.75, 3.05) is 32.8 Å². The van der Waals surface area contributed by atoms with Crippen LogP contribution in [0.3, 0.4) is 0 Å². The second-order valence-corrected chi connectivity index (χ2v) is 7.23. The van der Waals surface area contributed by atoms with Crippen molar-refractivity contribution in [1.29, 1.82) is 0 Å². The van der Waals surface area contributed by atoms with Crippen LogP contribution in [0.2, 0.25) is 0 Å². The molecule has 7 nitrogen and oxygen atoms in total. The second kappa shape index (κ2) is 6.20. The molecule has 7 heteroatoms. The maximum absolute atomic E-state index is 12.6. The molecule has 3 rings (SSSR count). The smallest absolute Gasteiger partial charge is 0.274 e. The van der Waals surface area contributed by atoms with E-state index in [0.717, 1.165) is 18.5 Å². The molecule has 2 fully saturated rings. The van der Waals surface area contributed by atoms with E-state index < -0.39 is 0 Å². The highest BCUT2D eigenvalue weighted by Gasteiger charge is 2.48. The summed E-state index contributed by atoms with van der Waals surface area (Å²) < 4.78 is 1.71. The van der Waals surface area contributed by atoms with Gasteiger partial charge < -0.3 is 14.9 Å². The van der Waals surface area contributed by atoms with Crippen LogP contribution in [0.15, 0.2) is 6.07 Å². The van der Waals surface area contributed by atoms with Crippen LogP contribution in [-0.4, -0.2) is 69.3 Å². The fraction of sp³-hybridized carbons (Fsp3) is 0.706. The fourth-order valence-corrected chi connectivity index (χ4v) is 4.07. The first kappa shape index (κ1) is 17.0. The Morgan fingerprint density at radius 3 is 2.50 bits per heavy atom. The lowest BCUT2D eigenvalue weighted by atomic mass is 9.71. The summed E-state index contributed by atoms with van der Waals surface area (Å²) in [5.41, 5.74) is 1.39. The number of aromatic nitrogens is 2. The predicted molar refractivity (Wildman–Crippen MR) is 88.3 cm³/mol. The molecule has 3 heterocycles. The van der Waals surface area contributed by atoms with Gasteiger partial charge in [0.1, 0.15) is 0 Å². The third-order valence-corrected chi connectivity index (χ3v) is 5.86. The third kappa shape index (κ3) is 2.81. The summed E-state index contributed by atoms with van der Waals surface area (Å²) in [5.74, 6) is 0.138. The summed E-state index contributed by atoms with van der Waals surface area (Å²) in [4.78, 5) is 28.0. The molecule has 24 heavy (non-hydrogen) atoms. The van der Waals surface area contributed by atoms with Crippen LogP contribution in [0.25, 0.3) is 0 Å². The van der Waals surface area contributed by atoms with Crippen LogP contribution in [0.5, 0.6) is 0 Å². The van der Waals surface area contributed by atoms with E-state index in [1.807, 2.05) is 29.8 Å². The first-order chi connectivity index (χ1) is 11.4. The van der Waals surface area contributed by atoms with E-state index in [1.165, 1.54) is 0 Å². The van der Waals surface area contributed by atoms with Gasteiger partial charge in [0.05, 0.1) is 0 Å². The average Bonchev–Trinajstić information content (AvgIpc) is 3.08. The molecular formula is C17H26N4O3. The lowest BCUT2D eigenvalue weighted by molar-refractivity contribution is -0.128. The summed E-state index contributed by atoms with van der Waals surface area (Å²) in [7, 11) is 1.83. The SMILES string of the molecule is CC(=O)N1CC(CO)C2(CCN(C(=O)c3cc(C)n(C)n3)CC2)C1. The van der Waals surface area contributed by atoms with Crippen molar-refractivity contribution in [2.45, 2.75) is 26.7 Å². The number of rotatable bonds is 2. The largest absolute Gasteiger partial charge is 0.396 e. The summed E-state index contributed by atoms with van der Waals surface area (Å²) in [6.45, 7) is 6.22. The predicted octanol–water partition coefficient (Wildman–Crippen LogP) is 0.422. The lowest BCUT2D eigenvalue weighted by Gasteiger charge is -2.41. The Hall–Kier alpha value is -1.89. The maximum Gasteiger partial charge on any atom is 0.274 e. The molecule has 0 aliphatic carbocycles. The molecular weight excluding hydrogens is 308 g/mol. The summed E-state index contributed by atoms with van der Waals surface area (Å²) in [5, 5.41) is 14.0. The van der Waals surface area contributed by atoms with E-state index in [0.29, 0.717) is 31.9 Å². The van der Waals surface area contributed by atoms with Gasteiger partial charge >= 0.3 is 0 Å². The number of nitrogens with zero attached hydrogens (tertiary/aromatic N) is 4. The Kier molecular flexibility index (Phi) is 4.38. The minimum absolute atomic E-state index is 0.0319. The van der Waals surface area contributed by atoms with Crippen molar-refractivity contribution < 1.29 is 14.7 Å². The molecule has 2 aliphatic heterocycles. The number of hydrogen-bond acceptors (Lipinski definition) is 4. The second-order valence-electron chi connectivity index (χ2n) is 7.23. The van der Waals surface area contributed by atoms with E-state index in [4.69, 9.17) is 0 Å².